The summed E-state index contributed by atoms with van der Waals surface area (Å²) in [6.45, 7) is 2.36. The molecule has 10 heteroatoms. The van der Waals surface area contributed by atoms with Crippen LogP contribution in [0.3, 0.4) is 0 Å². The van der Waals surface area contributed by atoms with Gasteiger partial charge in [-0.25, -0.2) is 9.78 Å². The predicted molar refractivity (Wildman–Crippen MR) is 126 cm³/mol. The SMILES string of the molecule is CCCCc1ccc(NCC(N)CS)c(OCC(=O)N[C@@H](CCSC)C(=O)OC)n1. The van der Waals surface area contributed by atoms with Crippen LogP contribution in [0.15, 0.2) is 12.1 Å². The van der Waals surface area contributed by atoms with E-state index in [-0.39, 0.29) is 12.6 Å². The summed E-state index contributed by atoms with van der Waals surface area (Å²) in [6, 6.07) is 2.99. The van der Waals surface area contributed by atoms with Crippen molar-refractivity contribution in [2.24, 2.45) is 5.73 Å². The quantitative estimate of drug-likeness (QED) is 0.233. The van der Waals surface area contributed by atoms with Gasteiger partial charge in [0.05, 0.1) is 12.8 Å². The molecule has 4 N–H and O–H groups in total. The van der Waals surface area contributed by atoms with Crippen LogP contribution in [0, 0.1) is 0 Å². The molecule has 0 fully saturated rings. The van der Waals surface area contributed by atoms with Crippen LogP contribution < -0.4 is 21.1 Å². The van der Waals surface area contributed by atoms with Gasteiger partial charge in [0.15, 0.2) is 6.61 Å². The monoisotopic (exact) mass is 458 g/mol. The third-order valence-corrected chi connectivity index (χ3v) is 5.38. The maximum absolute atomic E-state index is 12.4. The van der Waals surface area contributed by atoms with Gasteiger partial charge < -0.3 is 25.8 Å². The molecule has 1 unspecified atom stereocenters. The van der Waals surface area contributed by atoms with E-state index in [2.05, 4.69) is 35.2 Å². The number of thiol groups is 1. The Bertz CT molecular complexity index is 664. The number of unbranched alkanes of at least 4 members (excludes halogenated alkanes) is 1. The van der Waals surface area contributed by atoms with Gasteiger partial charge in [-0.3, -0.25) is 4.79 Å². The number of hydrogen-bond donors (Lipinski definition) is 4. The van der Waals surface area contributed by atoms with E-state index in [9.17, 15) is 9.59 Å². The van der Waals surface area contributed by atoms with Crippen LogP contribution in [0.25, 0.3) is 0 Å². The molecule has 1 rings (SSSR count). The van der Waals surface area contributed by atoms with E-state index in [0.29, 0.717) is 30.3 Å². The average molecular weight is 459 g/mol. The lowest BCUT2D eigenvalue weighted by Crippen LogP contribution is -2.44. The van der Waals surface area contributed by atoms with Crippen LogP contribution in [-0.2, 0) is 20.7 Å². The highest BCUT2D eigenvalue weighted by atomic mass is 32.2. The van der Waals surface area contributed by atoms with E-state index in [1.54, 1.807) is 11.8 Å². The lowest BCUT2D eigenvalue weighted by atomic mass is 10.2. The molecule has 1 aromatic rings. The third kappa shape index (κ3) is 9.90. The summed E-state index contributed by atoms with van der Waals surface area (Å²) in [6.07, 6.45) is 5.32. The van der Waals surface area contributed by atoms with E-state index in [0.717, 1.165) is 30.7 Å². The van der Waals surface area contributed by atoms with E-state index < -0.39 is 17.9 Å². The van der Waals surface area contributed by atoms with E-state index in [1.165, 1.54) is 7.11 Å². The number of nitrogens with two attached hydrogens (primary N) is 1. The standard InChI is InChI=1S/C20H34N4O4S2/c1-4-5-6-15-7-8-16(22-11-14(21)13-29)19(23-15)28-12-18(25)24-17(9-10-30-3)20(26)27-2/h7-8,14,17,22,29H,4-6,9-13,21H2,1-3H3,(H,24,25)/t14?,17-/m0/s1. The Hall–Kier alpha value is -1.65. The normalized spacial score (nSPS) is 12.7. The maximum atomic E-state index is 12.4. The van der Waals surface area contributed by atoms with Crippen molar-refractivity contribution in [1.82, 2.24) is 10.3 Å². The van der Waals surface area contributed by atoms with Gasteiger partial charge in [0, 0.05) is 24.0 Å². The number of anilines is 1. The first-order valence-electron chi connectivity index (χ1n) is 10.0. The fourth-order valence-electron chi connectivity index (χ4n) is 2.52. The molecule has 0 aromatic carbocycles. The fraction of sp³-hybridized carbons (Fsp3) is 0.650. The number of thioether (sulfide) groups is 1. The number of amides is 1. The first-order valence-corrected chi connectivity index (χ1v) is 12.1. The molecule has 0 bridgehead atoms. The Balaban J connectivity index is 2.80. The van der Waals surface area contributed by atoms with Gasteiger partial charge >= 0.3 is 5.97 Å². The number of aryl methyl sites for hydroxylation is 1. The third-order valence-electron chi connectivity index (χ3n) is 4.27. The molecule has 0 spiro atoms. The van der Waals surface area contributed by atoms with Gasteiger partial charge in [0.1, 0.15) is 6.04 Å². The number of esters is 1. The Morgan fingerprint density at radius 3 is 2.77 bits per heavy atom. The summed E-state index contributed by atoms with van der Waals surface area (Å²) in [7, 11) is 1.30. The van der Waals surface area contributed by atoms with Gasteiger partial charge in [-0.05, 0) is 43.4 Å². The van der Waals surface area contributed by atoms with Crippen LogP contribution in [0.1, 0.15) is 31.9 Å². The smallest absolute Gasteiger partial charge is 0.328 e. The summed E-state index contributed by atoms with van der Waals surface area (Å²) >= 11 is 5.78. The fourth-order valence-corrected chi connectivity index (χ4v) is 3.12. The van der Waals surface area contributed by atoms with Crippen molar-refractivity contribution in [2.75, 3.05) is 43.3 Å². The van der Waals surface area contributed by atoms with Crippen molar-refractivity contribution in [1.29, 1.82) is 0 Å². The Kier molecular flexibility index (Phi) is 13.4. The molecule has 1 heterocycles. The lowest BCUT2D eigenvalue weighted by molar-refractivity contribution is -0.145. The van der Waals surface area contributed by atoms with Gasteiger partial charge in [-0.15, -0.1) is 0 Å². The molecule has 170 valence electrons. The molecule has 0 aliphatic heterocycles. The van der Waals surface area contributed by atoms with Gasteiger partial charge in [0.2, 0.25) is 5.88 Å². The molecule has 1 amide bonds. The van der Waals surface area contributed by atoms with Crippen molar-refractivity contribution in [3.05, 3.63) is 17.8 Å². The molecule has 0 saturated heterocycles. The van der Waals surface area contributed by atoms with Crippen LogP contribution >= 0.6 is 24.4 Å². The molecule has 2 atom stereocenters. The number of hydrogen-bond acceptors (Lipinski definition) is 9. The Morgan fingerprint density at radius 2 is 2.13 bits per heavy atom. The minimum absolute atomic E-state index is 0.124. The minimum Gasteiger partial charge on any atom is -0.467 e. The first-order chi connectivity index (χ1) is 14.4. The minimum atomic E-state index is -0.701. The Labute approximate surface area is 188 Å². The highest BCUT2D eigenvalue weighted by molar-refractivity contribution is 7.98. The van der Waals surface area contributed by atoms with E-state index >= 15 is 0 Å². The van der Waals surface area contributed by atoms with Gasteiger partial charge in [0.25, 0.3) is 5.91 Å². The predicted octanol–water partition coefficient (Wildman–Crippen LogP) is 1.88. The largest absolute Gasteiger partial charge is 0.467 e. The van der Waals surface area contributed by atoms with Crippen molar-refractivity contribution in [3.63, 3.8) is 0 Å². The summed E-state index contributed by atoms with van der Waals surface area (Å²) in [5, 5.41) is 5.87. The molecule has 0 aliphatic carbocycles. The number of ether oxygens (including phenoxy) is 2. The molecule has 0 saturated carbocycles. The molecular weight excluding hydrogens is 424 g/mol. The van der Waals surface area contributed by atoms with Crippen LogP contribution in [0.5, 0.6) is 5.88 Å². The molecule has 0 aliphatic rings. The zero-order valence-electron chi connectivity index (χ0n) is 18.0. The second-order valence-corrected chi connectivity index (χ2v) is 8.15. The summed E-state index contributed by atoms with van der Waals surface area (Å²) < 4.78 is 10.5. The van der Waals surface area contributed by atoms with E-state index in [1.807, 2.05) is 18.4 Å². The zero-order chi connectivity index (χ0) is 22.4. The topological polar surface area (TPSA) is 116 Å². The molecule has 8 nitrogen and oxygen atoms in total. The zero-order valence-corrected chi connectivity index (χ0v) is 19.7. The summed E-state index contributed by atoms with van der Waals surface area (Å²) in [5.41, 5.74) is 7.47. The van der Waals surface area contributed by atoms with Crippen molar-refractivity contribution in [2.45, 2.75) is 44.7 Å². The van der Waals surface area contributed by atoms with Crippen molar-refractivity contribution in [3.8, 4) is 5.88 Å². The van der Waals surface area contributed by atoms with Crippen molar-refractivity contribution < 1.29 is 19.1 Å². The van der Waals surface area contributed by atoms with Gasteiger partial charge in [-0.2, -0.15) is 24.4 Å². The molecule has 30 heavy (non-hydrogen) atoms. The second kappa shape index (κ2) is 15.2. The van der Waals surface area contributed by atoms with Crippen LogP contribution in [-0.4, -0.2) is 67.0 Å². The number of aromatic nitrogens is 1. The van der Waals surface area contributed by atoms with E-state index in [4.69, 9.17) is 15.2 Å². The first kappa shape index (κ1) is 26.4. The van der Waals surface area contributed by atoms with Crippen LogP contribution in [0.2, 0.25) is 0 Å². The lowest BCUT2D eigenvalue weighted by Gasteiger charge is -2.18. The number of nitrogens with one attached hydrogen (secondary N) is 2. The average Bonchev–Trinajstić information content (AvgIpc) is 2.77. The number of carbonyl (C=O) groups excluding carboxylic acids is 2. The highest BCUT2D eigenvalue weighted by Crippen LogP contribution is 2.23. The second-order valence-electron chi connectivity index (χ2n) is 6.80. The molecular formula is C20H34N4O4S2. The molecule has 0 radical (unpaired) electrons. The summed E-state index contributed by atoms with van der Waals surface area (Å²) in [4.78, 5) is 28.8. The number of rotatable bonds is 15. The highest BCUT2D eigenvalue weighted by Gasteiger charge is 2.21. The number of carbonyl (C=O) groups is 2. The number of pyridine rings is 1. The molecule has 1 aromatic heterocycles. The Morgan fingerprint density at radius 1 is 1.37 bits per heavy atom. The summed E-state index contributed by atoms with van der Waals surface area (Å²) in [5.74, 6) is 0.717. The number of methoxy groups -OCH3 is 1. The maximum Gasteiger partial charge on any atom is 0.328 e. The van der Waals surface area contributed by atoms with Crippen LogP contribution in [0.4, 0.5) is 5.69 Å². The van der Waals surface area contributed by atoms with Crippen molar-refractivity contribution >= 4 is 42.0 Å². The number of nitrogens with zero attached hydrogens (tertiary/aromatic N) is 1. The van der Waals surface area contributed by atoms with Gasteiger partial charge in [-0.1, -0.05) is 13.3 Å².